The first-order chi connectivity index (χ1) is 19.9. The normalized spacial score (nSPS) is 21.3. The lowest BCUT2D eigenvalue weighted by Gasteiger charge is -2.42. The van der Waals surface area contributed by atoms with Gasteiger partial charge in [-0.15, -0.1) is 11.3 Å². The number of aromatic nitrogens is 2. The van der Waals surface area contributed by atoms with E-state index in [9.17, 15) is 15.5 Å². The fourth-order valence-electron chi connectivity index (χ4n) is 6.07. The van der Waals surface area contributed by atoms with Gasteiger partial charge in [0.1, 0.15) is 6.23 Å². The molecule has 0 aliphatic carbocycles. The largest absolute Gasteiger partial charge is 0.482 e. The van der Waals surface area contributed by atoms with Crippen LogP contribution in [0.5, 0.6) is 0 Å². The van der Waals surface area contributed by atoms with Crippen molar-refractivity contribution in [1.82, 2.24) is 24.7 Å². The molecular formula is C30H33ClN6O3S. The van der Waals surface area contributed by atoms with Gasteiger partial charge in [-0.2, -0.15) is 5.26 Å². The van der Waals surface area contributed by atoms with Gasteiger partial charge in [0.15, 0.2) is 12.2 Å². The number of aliphatic hydroxyl groups excluding tert-OH is 2. The van der Waals surface area contributed by atoms with Crippen molar-refractivity contribution in [3.05, 3.63) is 64.6 Å². The summed E-state index contributed by atoms with van der Waals surface area (Å²) >= 11 is 8.22. The molecular weight excluding hydrogens is 560 g/mol. The maximum Gasteiger partial charge on any atom is 0.191 e. The molecule has 5 heterocycles. The summed E-state index contributed by atoms with van der Waals surface area (Å²) in [7, 11) is 1.53. The summed E-state index contributed by atoms with van der Waals surface area (Å²) in [5.41, 5.74) is 3.46. The number of ether oxygens (including phenoxy) is 1. The van der Waals surface area contributed by atoms with E-state index in [0.29, 0.717) is 30.5 Å². The first-order valence-corrected chi connectivity index (χ1v) is 15.0. The number of rotatable bonds is 7. The molecule has 3 N–H and O–H groups in total. The van der Waals surface area contributed by atoms with Gasteiger partial charge in [0, 0.05) is 64.5 Å². The number of methoxy groups -OCH3 is 1. The van der Waals surface area contributed by atoms with Gasteiger partial charge in [-0.05, 0) is 63.2 Å². The zero-order chi connectivity index (χ0) is 28.7. The van der Waals surface area contributed by atoms with E-state index in [1.54, 1.807) is 33.4 Å². The van der Waals surface area contributed by atoms with Crippen LogP contribution in [0, 0.1) is 16.7 Å². The van der Waals surface area contributed by atoms with Crippen LogP contribution < -0.4 is 5.32 Å². The van der Waals surface area contributed by atoms with E-state index < -0.39 is 18.0 Å². The molecule has 9 nitrogen and oxygen atoms in total. The van der Waals surface area contributed by atoms with Crippen molar-refractivity contribution in [2.75, 3.05) is 26.7 Å². The van der Waals surface area contributed by atoms with E-state index in [1.807, 2.05) is 31.2 Å². The lowest BCUT2D eigenvalue weighted by atomic mass is 9.80. The van der Waals surface area contributed by atoms with E-state index in [1.165, 1.54) is 7.11 Å². The molecule has 1 aromatic carbocycles. The molecule has 0 amide bonds. The summed E-state index contributed by atoms with van der Waals surface area (Å²) in [6.45, 7) is 5.07. The van der Waals surface area contributed by atoms with Crippen molar-refractivity contribution in [2.24, 2.45) is 5.41 Å². The number of benzene rings is 1. The molecule has 214 valence electrons. The highest BCUT2D eigenvalue weighted by atomic mass is 35.5. The number of halogens is 1. The summed E-state index contributed by atoms with van der Waals surface area (Å²) in [6.07, 6.45) is 5.04. The Morgan fingerprint density at radius 2 is 2.02 bits per heavy atom. The Bertz CT molecular complexity index is 1650. The molecule has 2 aliphatic heterocycles. The SMILES string of the molecule is CCN1C(OC)=CC(O)N(Cc2cc3nccc(-c4cc(Cl)cc5ccn(CC6(C#N)CCNCC6)c45)c3s2)C1O. The van der Waals surface area contributed by atoms with Gasteiger partial charge in [0.25, 0.3) is 0 Å². The summed E-state index contributed by atoms with van der Waals surface area (Å²) in [5.74, 6) is 0.444. The Morgan fingerprint density at radius 1 is 1.22 bits per heavy atom. The van der Waals surface area contributed by atoms with Gasteiger partial charge in [0.2, 0.25) is 0 Å². The van der Waals surface area contributed by atoms with Crippen LogP contribution in [0.1, 0.15) is 24.6 Å². The molecule has 2 aliphatic rings. The van der Waals surface area contributed by atoms with Crippen LogP contribution in [0.4, 0.5) is 0 Å². The Balaban J connectivity index is 1.40. The fraction of sp³-hybridized carbons (Fsp3) is 0.400. The molecule has 4 aromatic rings. The van der Waals surface area contributed by atoms with Crippen molar-refractivity contribution in [3.63, 3.8) is 0 Å². The number of nitriles is 1. The van der Waals surface area contributed by atoms with E-state index in [-0.39, 0.29) is 0 Å². The smallest absolute Gasteiger partial charge is 0.191 e. The van der Waals surface area contributed by atoms with Crippen LogP contribution in [-0.4, -0.2) is 68.9 Å². The molecule has 6 rings (SSSR count). The van der Waals surface area contributed by atoms with Gasteiger partial charge < -0.3 is 29.7 Å². The highest BCUT2D eigenvalue weighted by Crippen LogP contribution is 2.41. The van der Waals surface area contributed by atoms with E-state index in [2.05, 4.69) is 33.2 Å². The number of hydrogen-bond donors (Lipinski definition) is 3. The third-order valence-electron chi connectivity index (χ3n) is 8.23. The van der Waals surface area contributed by atoms with Crippen LogP contribution in [0.3, 0.4) is 0 Å². The Hall–Kier alpha value is -3.17. The number of thiophene rings is 1. The number of aliphatic hydroxyl groups is 2. The van der Waals surface area contributed by atoms with Crippen LogP contribution >= 0.6 is 22.9 Å². The van der Waals surface area contributed by atoms with Crippen molar-refractivity contribution in [1.29, 1.82) is 5.26 Å². The standard InChI is InChI=1S/C30H33ClN6O3S/c1-3-36-26(40-2)15-25(38)37(29(36)39)16-21-14-24-28(41-21)22(4-8-34-24)23-13-20(31)12-19-5-11-35(27(19)23)18-30(17-32)6-9-33-10-7-30/h4-5,8,11-15,25,29,33,38-39H,3,6-7,9-10,16,18H2,1-2H3. The van der Waals surface area contributed by atoms with Crippen molar-refractivity contribution in [2.45, 2.75) is 45.4 Å². The lowest BCUT2D eigenvalue weighted by molar-refractivity contribution is -0.179. The quantitative estimate of drug-likeness (QED) is 0.284. The lowest BCUT2D eigenvalue weighted by Crippen LogP contribution is -2.55. The van der Waals surface area contributed by atoms with Crippen LogP contribution in [0.15, 0.2) is 54.7 Å². The van der Waals surface area contributed by atoms with Crippen molar-refractivity contribution >= 4 is 44.1 Å². The predicted molar refractivity (Wildman–Crippen MR) is 161 cm³/mol. The maximum atomic E-state index is 11.0. The number of piperidine rings is 1. The second-order valence-corrected chi connectivity index (χ2v) is 12.3. The Labute approximate surface area is 247 Å². The minimum atomic E-state index is -1.04. The number of nitrogens with one attached hydrogen (secondary N) is 1. The monoisotopic (exact) mass is 592 g/mol. The third kappa shape index (κ3) is 5.07. The number of fused-ring (bicyclic) bond motifs is 2. The first kappa shape index (κ1) is 28.0. The van der Waals surface area contributed by atoms with Crippen LogP contribution in [-0.2, 0) is 17.8 Å². The number of hydrogen-bond acceptors (Lipinski definition) is 9. The van der Waals surface area contributed by atoms with Gasteiger partial charge in [0.05, 0.1) is 34.3 Å². The predicted octanol–water partition coefficient (Wildman–Crippen LogP) is 4.68. The van der Waals surface area contributed by atoms with E-state index >= 15 is 0 Å². The first-order valence-electron chi connectivity index (χ1n) is 13.8. The highest BCUT2D eigenvalue weighted by molar-refractivity contribution is 7.19. The fourth-order valence-corrected chi connectivity index (χ4v) is 7.45. The molecule has 1 saturated heterocycles. The molecule has 0 saturated carbocycles. The summed E-state index contributed by atoms with van der Waals surface area (Å²) in [4.78, 5) is 8.90. The molecule has 3 aromatic heterocycles. The Kier molecular flexibility index (Phi) is 7.68. The average Bonchev–Trinajstić information content (AvgIpc) is 3.58. The van der Waals surface area contributed by atoms with Gasteiger partial charge in [-0.1, -0.05) is 11.6 Å². The molecule has 0 bridgehead atoms. The number of nitrogens with zero attached hydrogens (tertiary/aromatic N) is 5. The molecule has 0 spiro atoms. The van der Waals surface area contributed by atoms with Crippen LogP contribution in [0.25, 0.3) is 32.2 Å². The summed E-state index contributed by atoms with van der Waals surface area (Å²) < 4.78 is 8.56. The second-order valence-electron chi connectivity index (χ2n) is 10.7. The summed E-state index contributed by atoms with van der Waals surface area (Å²) in [5, 5.41) is 37.0. The molecule has 2 atom stereocenters. The van der Waals surface area contributed by atoms with E-state index in [0.717, 1.165) is 63.1 Å². The van der Waals surface area contributed by atoms with Crippen molar-refractivity contribution in [3.8, 4) is 17.2 Å². The Morgan fingerprint density at radius 3 is 2.76 bits per heavy atom. The van der Waals surface area contributed by atoms with Gasteiger partial charge in [-0.25, -0.2) is 4.90 Å². The summed E-state index contributed by atoms with van der Waals surface area (Å²) in [6, 6.07) is 12.7. The van der Waals surface area contributed by atoms with Crippen molar-refractivity contribution < 1.29 is 14.9 Å². The van der Waals surface area contributed by atoms with Gasteiger partial charge in [-0.3, -0.25) is 4.98 Å². The minimum Gasteiger partial charge on any atom is -0.482 e. The molecule has 1 fully saturated rings. The minimum absolute atomic E-state index is 0.326. The van der Waals surface area contributed by atoms with E-state index in [4.69, 9.17) is 16.3 Å². The van der Waals surface area contributed by atoms with Crippen LogP contribution in [0.2, 0.25) is 5.02 Å². The molecule has 11 heteroatoms. The topological polar surface area (TPSA) is 110 Å². The highest BCUT2D eigenvalue weighted by Gasteiger charge is 2.35. The zero-order valence-electron chi connectivity index (χ0n) is 23.0. The molecule has 0 radical (unpaired) electrons. The molecule has 41 heavy (non-hydrogen) atoms. The maximum absolute atomic E-state index is 11.0. The second kappa shape index (κ2) is 11.2. The number of pyridine rings is 1. The third-order valence-corrected chi connectivity index (χ3v) is 9.59. The average molecular weight is 593 g/mol. The zero-order valence-corrected chi connectivity index (χ0v) is 24.6. The van der Waals surface area contributed by atoms with Gasteiger partial charge >= 0.3 is 0 Å². The molecule has 2 unspecified atom stereocenters.